The molecule has 0 radical (unpaired) electrons. The lowest BCUT2D eigenvalue weighted by Gasteiger charge is -2.38. The van der Waals surface area contributed by atoms with Crippen molar-refractivity contribution >= 4 is 35.3 Å². The highest BCUT2D eigenvalue weighted by Crippen LogP contribution is 2.41. The van der Waals surface area contributed by atoms with Crippen molar-refractivity contribution in [2.75, 3.05) is 13.1 Å². The molecule has 2 aromatic rings. The molecule has 1 fully saturated rings. The molecule has 1 atom stereocenters. The maximum Gasteiger partial charge on any atom is 0.416 e. The lowest BCUT2D eigenvalue weighted by molar-refractivity contribution is -0.138. The van der Waals surface area contributed by atoms with E-state index in [1.54, 1.807) is 18.2 Å². The van der Waals surface area contributed by atoms with E-state index < -0.39 is 34.9 Å². The minimum Gasteiger partial charge on any atom is -0.335 e. The molecule has 1 unspecified atom stereocenters. The van der Waals surface area contributed by atoms with Crippen molar-refractivity contribution in [1.82, 2.24) is 10.2 Å². The molecular weight excluding hydrogens is 433 g/mol. The van der Waals surface area contributed by atoms with E-state index in [0.717, 1.165) is 18.2 Å². The molecule has 1 spiro atoms. The largest absolute Gasteiger partial charge is 0.416 e. The number of rotatable bonds is 2. The van der Waals surface area contributed by atoms with E-state index >= 15 is 0 Å². The Bertz CT molecular complexity index is 1130. The summed E-state index contributed by atoms with van der Waals surface area (Å²) in [4.78, 5) is 39.1. The summed E-state index contributed by atoms with van der Waals surface area (Å²) in [5, 5.41) is 3.00. The minimum absolute atomic E-state index is 0.118. The van der Waals surface area contributed by atoms with Gasteiger partial charge in [0.15, 0.2) is 5.78 Å². The van der Waals surface area contributed by atoms with Crippen LogP contribution in [0.4, 0.5) is 13.2 Å². The fraction of sp³-hybridized carbons (Fsp3) is 0.227. The molecule has 2 amide bonds. The Morgan fingerprint density at radius 3 is 2.58 bits per heavy atom. The Morgan fingerprint density at radius 1 is 1.13 bits per heavy atom. The van der Waals surface area contributed by atoms with Gasteiger partial charge in [-0.2, -0.15) is 13.2 Å². The summed E-state index contributed by atoms with van der Waals surface area (Å²) in [6.07, 6.45) is -2.33. The van der Waals surface area contributed by atoms with Crippen molar-refractivity contribution in [1.29, 1.82) is 0 Å². The number of benzene rings is 2. The molecule has 0 aliphatic carbocycles. The second-order valence-corrected chi connectivity index (χ2v) is 7.78. The van der Waals surface area contributed by atoms with Crippen molar-refractivity contribution in [3.63, 3.8) is 0 Å². The van der Waals surface area contributed by atoms with Crippen molar-refractivity contribution in [3.8, 4) is 0 Å². The van der Waals surface area contributed by atoms with Crippen molar-refractivity contribution in [3.05, 3.63) is 75.8 Å². The first-order valence-electron chi connectivity index (χ1n) is 9.41. The highest BCUT2D eigenvalue weighted by molar-refractivity contribution is 6.33. The van der Waals surface area contributed by atoms with Crippen molar-refractivity contribution in [2.24, 2.45) is 0 Å². The zero-order chi connectivity index (χ0) is 22.4. The van der Waals surface area contributed by atoms with E-state index in [9.17, 15) is 27.6 Å². The highest BCUT2D eigenvalue weighted by Gasteiger charge is 2.52. The normalized spacial score (nSPS) is 21.0. The summed E-state index contributed by atoms with van der Waals surface area (Å²) >= 11 is 6.26. The molecular formula is C22H16ClF3N2O3. The van der Waals surface area contributed by atoms with E-state index in [-0.39, 0.29) is 30.1 Å². The fourth-order valence-corrected chi connectivity index (χ4v) is 4.39. The van der Waals surface area contributed by atoms with Gasteiger partial charge < -0.3 is 10.2 Å². The van der Waals surface area contributed by atoms with Gasteiger partial charge in [0.25, 0.3) is 5.91 Å². The third kappa shape index (κ3) is 3.61. The number of amides is 2. The summed E-state index contributed by atoms with van der Waals surface area (Å²) < 4.78 is 39.3. The first kappa shape index (κ1) is 21.1. The van der Waals surface area contributed by atoms with Crippen LogP contribution in [0.2, 0.25) is 5.02 Å². The van der Waals surface area contributed by atoms with Crippen LogP contribution in [-0.4, -0.2) is 35.6 Å². The molecule has 160 valence electrons. The van der Waals surface area contributed by atoms with Crippen LogP contribution in [0.1, 0.15) is 33.5 Å². The summed E-state index contributed by atoms with van der Waals surface area (Å²) in [7, 11) is 0. The Labute approximate surface area is 180 Å². The van der Waals surface area contributed by atoms with Gasteiger partial charge in [0, 0.05) is 28.8 Å². The second kappa shape index (κ2) is 7.53. The zero-order valence-electron chi connectivity index (χ0n) is 16.0. The number of likely N-dealkylation sites (tertiary alicyclic amines) is 1. The molecule has 1 saturated heterocycles. The van der Waals surface area contributed by atoms with E-state index in [1.165, 1.54) is 23.1 Å². The minimum atomic E-state index is -4.55. The molecule has 9 heteroatoms. The maximum absolute atomic E-state index is 13.1. The molecule has 0 saturated carbocycles. The third-order valence-corrected chi connectivity index (χ3v) is 5.88. The van der Waals surface area contributed by atoms with E-state index in [4.69, 9.17) is 11.6 Å². The molecule has 2 aromatic carbocycles. The number of ketones is 1. The fourth-order valence-electron chi connectivity index (χ4n) is 4.05. The molecule has 4 rings (SSSR count). The van der Waals surface area contributed by atoms with Gasteiger partial charge in [0.1, 0.15) is 5.54 Å². The van der Waals surface area contributed by atoms with Gasteiger partial charge in [-0.15, -0.1) is 0 Å². The average molecular weight is 449 g/mol. The van der Waals surface area contributed by atoms with E-state index in [2.05, 4.69) is 5.32 Å². The highest BCUT2D eigenvalue weighted by atomic mass is 35.5. The number of halogens is 4. The molecule has 2 aliphatic heterocycles. The first-order valence-corrected chi connectivity index (χ1v) is 9.79. The maximum atomic E-state index is 13.1. The number of hydrogen-bond donors (Lipinski definition) is 1. The van der Waals surface area contributed by atoms with Gasteiger partial charge in [0.2, 0.25) is 5.91 Å². The quantitative estimate of drug-likeness (QED) is 0.710. The SMILES string of the molecule is O=C1NC2(CCN(C(=O)/C=C/c3ccccc3C(F)(F)F)CC2=O)c2c(Cl)cccc21. The Morgan fingerprint density at radius 2 is 1.87 bits per heavy atom. The van der Waals surface area contributed by atoms with Crippen LogP contribution < -0.4 is 5.32 Å². The number of nitrogens with zero attached hydrogens (tertiary/aromatic N) is 1. The summed E-state index contributed by atoms with van der Waals surface area (Å²) in [6, 6.07) is 9.69. The molecule has 2 heterocycles. The third-order valence-electron chi connectivity index (χ3n) is 5.56. The Hall–Kier alpha value is -3.13. The summed E-state index contributed by atoms with van der Waals surface area (Å²) in [5.41, 5.74) is -1.56. The molecule has 5 nitrogen and oxygen atoms in total. The number of carbonyl (C=O) groups excluding carboxylic acids is 3. The number of alkyl halides is 3. The molecule has 2 aliphatic rings. The predicted molar refractivity (Wildman–Crippen MR) is 107 cm³/mol. The summed E-state index contributed by atoms with van der Waals surface area (Å²) in [5.74, 6) is -1.41. The van der Waals surface area contributed by atoms with Crippen LogP contribution in [0.3, 0.4) is 0 Å². The number of nitrogens with one attached hydrogen (secondary N) is 1. The molecule has 0 bridgehead atoms. The topological polar surface area (TPSA) is 66.5 Å². The van der Waals surface area contributed by atoms with Crippen LogP contribution in [0, 0.1) is 0 Å². The van der Waals surface area contributed by atoms with Crippen LogP contribution in [0.15, 0.2) is 48.5 Å². The lowest BCUT2D eigenvalue weighted by Crippen LogP contribution is -2.57. The van der Waals surface area contributed by atoms with Crippen LogP contribution in [0.5, 0.6) is 0 Å². The number of hydrogen-bond acceptors (Lipinski definition) is 3. The standard InChI is InChI=1S/C22H16ClF3N2O3/c23-16-7-3-5-14-19(16)21(27-20(14)31)10-11-28(12-17(21)29)18(30)9-8-13-4-1-2-6-15(13)22(24,25)26/h1-9H,10-12H2,(H,27,31)/b9-8+. The van der Waals surface area contributed by atoms with E-state index in [1.807, 2.05) is 0 Å². The molecule has 1 N–H and O–H groups in total. The van der Waals surface area contributed by atoms with Crippen LogP contribution in [-0.2, 0) is 21.3 Å². The van der Waals surface area contributed by atoms with Gasteiger partial charge in [-0.25, -0.2) is 0 Å². The molecule has 0 aromatic heterocycles. The first-order chi connectivity index (χ1) is 14.6. The number of carbonyl (C=O) groups is 3. The van der Waals surface area contributed by atoms with Gasteiger partial charge >= 0.3 is 6.18 Å². The van der Waals surface area contributed by atoms with Crippen molar-refractivity contribution < 1.29 is 27.6 Å². The number of piperidine rings is 1. The average Bonchev–Trinajstić information content (AvgIpc) is 3.02. The summed E-state index contributed by atoms with van der Waals surface area (Å²) in [6.45, 7) is -0.171. The second-order valence-electron chi connectivity index (χ2n) is 7.37. The number of fused-ring (bicyclic) bond motifs is 2. The number of Topliss-reactive ketones (excluding diaryl/α,β-unsaturated/α-hetero) is 1. The van der Waals surface area contributed by atoms with Crippen LogP contribution >= 0.6 is 11.6 Å². The zero-order valence-corrected chi connectivity index (χ0v) is 16.8. The Kier molecular flexibility index (Phi) is 5.13. The van der Waals surface area contributed by atoms with Gasteiger partial charge in [-0.3, -0.25) is 14.4 Å². The van der Waals surface area contributed by atoms with Crippen LogP contribution in [0.25, 0.3) is 6.08 Å². The monoisotopic (exact) mass is 448 g/mol. The van der Waals surface area contributed by atoms with Crippen molar-refractivity contribution in [2.45, 2.75) is 18.1 Å². The van der Waals surface area contributed by atoms with Gasteiger partial charge in [0.05, 0.1) is 12.1 Å². The Balaban J connectivity index is 1.54. The predicted octanol–water partition coefficient (Wildman–Crippen LogP) is 3.81. The smallest absolute Gasteiger partial charge is 0.335 e. The van der Waals surface area contributed by atoms with Gasteiger partial charge in [-0.1, -0.05) is 35.9 Å². The van der Waals surface area contributed by atoms with E-state index in [0.29, 0.717) is 11.1 Å². The molecule has 31 heavy (non-hydrogen) atoms. The lowest BCUT2D eigenvalue weighted by atomic mass is 9.80. The van der Waals surface area contributed by atoms with Gasteiger partial charge in [-0.05, 0) is 36.3 Å².